The summed E-state index contributed by atoms with van der Waals surface area (Å²) in [4.78, 5) is 6.12. The van der Waals surface area contributed by atoms with Gasteiger partial charge in [-0.05, 0) is 32.4 Å². The fraction of sp³-hybridized carbons (Fsp3) is 0.333. The van der Waals surface area contributed by atoms with E-state index in [1.807, 2.05) is 10.6 Å². The largest absolute Gasteiger partial charge is 0.508 e. The summed E-state index contributed by atoms with van der Waals surface area (Å²) in [6.45, 7) is 10.4. The second kappa shape index (κ2) is 8.32. The number of nitrogen functional groups attached to an aromatic ring is 1. The smallest absolute Gasteiger partial charge is 0.306 e. The Balaban J connectivity index is 1.81. The molecule has 1 aliphatic heterocycles. The number of quaternary nitrogens is 1. The molecular formula is C24H30N4O2+2. The number of phenols is 1. The van der Waals surface area contributed by atoms with E-state index in [4.69, 9.17) is 10.5 Å². The maximum atomic E-state index is 9.97. The van der Waals surface area contributed by atoms with Crippen molar-refractivity contribution < 1.29 is 19.3 Å². The molecule has 4 N–H and O–H groups in total. The van der Waals surface area contributed by atoms with Crippen LogP contribution in [0.4, 0.5) is 5.82 Å². The van der Waals surface area contributed by atoms with E-state index >= 15 is 0 Å². The highest BCUT2D eigenvalue weighted by molar-refractivity contribution is 5.62. The third kappa shape index (κ3) is 3.71. The standard InChI is InChI=1S/C24H28N4O2/c1-4-27(5-2)12-13-28-15-26-24-22(23(28)25)21(17-8-6-16(3)7-9-17)19-11-10-18(29)14-20(19)30-24/h6-11,14-15,21,25,29H,4-5,12-13H2,1-3H3/p+2/t21-/m0/s1. The normalized spacial score (nSPS) is 14.9. The number of nitrogens with zero attached hydrogens (tertiary/aromatic N) is 2. The summed E-state index contributed by atoms with van der Waals surface area (Å²) < 4.78 is 8.10. The Bertz CT molecular complexity index is 1050. The molecule has 0 fully saturated rings. The SMILES string of the molecule is CC[NH+](CC)CC[n+]1cnc2c(c1N)[C@@H](c1ccc(C)cc1)c1ccc(O)cc1O2. The van der Waals surface area contributed by atoms with Gasteiger partial charge in [0, 0.05) is 11.6 Å². The van der Waals surface area contributed by atoms with Crippen molar-refractivity contribution in [1.82, 2.24) is 4.98 Å². The van der Waals surface area contributed by atoms with Crippen LogP contribution in [0.5, 0.6) is 17.4 Å². The molecule has 6 nitrogen and oxygen atoms in total. The van der Waals surface area contributed by atoms with Crippen LogP contribution in [0.1, 0.15) is 42.0 Å². The highest BCUT2D eigenvalue weighted by Crippen LogP contribution is 2.48. The van der Waals surface area contributed by atoms with Gasteiger partial charge in [-0.2, -0.15) is 0 Å². The zero-order chi connectivity index (χ0) is 21.3. The first-order valence-corrected chi connectivity index (χ1v) is 10.6. The fourth-order valence-electron chi connectivity index (χ4n) is 4.15. The lowest BCUT2D eigenvalue weighted by molar-refractivity contribution is -0.915. The summed E-state index contributed by atoms with van der Waals surface area (Å²) in [6.07, 6.45) is 1.76. The quantitative estimate of drug-likeness (QED) is 0.429. The van der Waals surface area contributed by atoms with Crippen LogP contribution in [0.3, 0.4) is 0 Å². The van der Waals surface area contributed by atoms with Crippen molar-refractivity contribution in [2.24, 2.45) is 0 Å². The van der Waals surface area contributed by atoms with Gasteiger partial charge in [-0.1, -0.05) is 40.9 Å². The minimum absolute atomic E-state index is 0.106. The molecule has 0 radical (unpaired) electrons. The highest BCUT2D eigenvalue weighted by atomic mass is 16.5. The van der Waals surface area contributed by atoms with E-state index in [1.165, 1.54) is 10.5 Å². The monoisotopic (exact) mass is 406 g/mol. The maximum Gasteiger partial charge on any atom is 0.306 e. The van der Waals surface area contributed by atoms with Crippen LogP contribution in [-0.4, -0.2) is 29.7 Å². The summed E-state index contributed by atoms with van der Waals surface area (Å²) in [5.74, 6) is 1.86. The Morgan fingerprint density at radius 1 is 1.13 bits per heavy atom. The number of ether oxygens (including phenoxy) is 1. The highest BCUT2D eigenvalue weighted by Gasteiger charge is 2.36. The van der Waals surface area contributed by atoms with Gasteiger partial charge in [-0.15, -0.1) is 0 Å². The van der Waals surface area contributed by atoms with Crippen LogP contribution >= 0.6 is 0 Å². The molecule has 156 valence electrons. The first-order chi connectivity index (χ1) is 14.5. The number of aromatic hydroxyl groups is 1. The first-order valence-electron chi connectivity index (χ1n) is 10.6. The zero-order valence-corrected chi connectivity index (χ0v) is 17.9. The minimum Gasteiger partial charge on any atom is -0.508 e. The Morgan fingerprint density at radius 2 is 1.87 bits per heavy atom. The second-order valence-electron chi connectivity index (χ2n) is 7.92. The number of anilines is 1. The number of nitrogens with one attached hydrogen (secondary N) is 1. The number of rotatable bonds is 6. The second-order valence-corrected chi connectivity index (χ2v) is 7.92. The number of aromatic nitrogens is 2. The van der Waals surface area contributed by atoms with Crippen molar-refractivity contribution in [3.05, 3.63) is 71.0 Å². The van der Waals surface area contributed by atoms with Crippen LogP contribution in [-0.2, 0) is 6.54 Å². The summed E-state index contributed by atoms with van der Waals surface area (Å²) in [5.41, 5.74) is 10.9. The van der Waals surface area contributed by atoms with Gasteiger partial charge < -0.3 is 20.5 Å². The van der Waals surface area contributed by atoms with E-state index in [1.54, 1.807) is 18.5 Å². The lowest BCUT2D eigenvalue weighted by Gasteiger charge is -2.27. The molecule has 0 spiro atoms. The Labute approximate surface area is 177 Å². The molecular weight excluding hydrogens is 376 g/mol. The molecule has 3 aromatic rings. The molecule has 0 unspecified atom stereocenters. The molecule has 4 rings (SSSR count). The average molecular weight is 407 g/mol. The molecule has 2 heterocycles. The van der Waals surface area contributed by atoms with Crippen LogP contribution in [0, 0.1) is 6.92 Å². The van der Waals surface area contributed by atoms with E-state index < -0.39 is 0 Å². The predicted octanol–water partition coefficient (Wildman–Crippen LogP) is 2.18. The van der Waals surface area contributed by atoms with Crippen molar-refractivity contribution in [1.29, 1.82) is 0 Å². The van der Waals surface area contributed by atoms with Crippen molar-refractivity contribution in [3.8, 4) is 17.4 Å². The molecule has 0 aliphatic carbocycles. The van der Waals surface area contributed by atoms with E-state index in [0.29, 0.717) is 17.4 Å². The zero-order valence-electron chi connectivity index (χ0n) is 17.9. The van der Waals surface area contributed by atoms with Crippen LogP contribution in [0.25, 0.3) is 0 Å². The fourth-order valence-corrected chi connectivity index (χ4v) is 4.15. The number of fused-ring (bicyclic) bond motifs is 2. The molecule has 1 atom stereocenters. The van der Waals surface area contributed by atoms with Gasteiger partial charge in [-0.25, -0.2) is 4.57 Å². The lowest BCUT2D eigenvalue weighted by Crippen LogP contribution is -3.12. The average Bonchev–Trinajstić information content (AvgIpc) is 2.75. The Kier molecular flexibility index (Phi) is 5.59. The molecule has 0 saturated heterocycles. The van der Waals surface area contributed by atoms with E-state index in [9.17, 15) is 5.11 Å². The number of aryl methyl sites for hydroxylation is 1. The van der Waals surface area contributed by atoms with Crippen LogP contribution < -0.4 is 19.9 Å². The third-order valence-corrected chi connectivity index (χ3v) is 6.05. The molecule has 30 heavy (non-hydrogen) atoms. The van der Waals surface area contributed by atoms with Gasteiger partial charge in [0.2, 0.25) is 12.1 Å². The molecule has 0 saturated carbocycles. The maximum absolute atomic E-state index is 9.97. The molecule has 0 amide bonds. The van der Waals surface area contributed by atoms with Crippen molar-refractivity contribution in [3.63, 3.8) is 0 Å². The van der Waals surface area contributed by atoms with Gasteiger partial charge in [0.15, 0.2) is 0 Å². The summed E-state index contributed by atoms with van der Waals surface area (Å²) in [5, 5.41) is 9.97. The molecule has 1 aromatic heterocycles. The molecule has 2 aromatic carbocycles. The first kappa shape index (κ1) is 20.2. The van der Waals surface area contributed by atoms with Crippen LogP contribution in [0.2, 0.25) is 0 Å². The number of nitrogens with two attached hydrogens (primary N) is 1. The van der Waals surface area contributed by atoms with Gasteiger partial charge in [0.25, 0.3) is 0 Å². The topological polar surface area (TPSA) is 76.7 Å². The number of benzene rings is 2. The lowest BCUT2D eigenvalue weighted by atomic mass is 9.83. The number of likely N-dealkylation sites (N-methyl/N-ethyl adjacent to an activating group) is 1. The van der Waals surface area contributed by atoms with Crippen LogP contribution in [0.15, 0.2) is 48.8 Å². The summed E-state index contributed by atoms with van der Waals surface area (Å²) in [7, 11) is 0. The molecule has 6 heteroatoms. The van der Waals surface area contributed by atoms with E-state index in [0.717, 1.165) is 42.9 Å². The van der Waals surface area contributed by atoms with Crippen molar-refractivity contribution >= 4 is 5.82 Å². The number of phenolic OH excluding ortho intramolecular Hbond substituents is 1. The number of hydrogen-bond donors (Lipinski definition) is 3. The summed E-state index contributed by atoms with van der Waals surface area (Å²) in [6, 6.07) is 13.7. The molecule has 0 bridgehead atoms. The third-order valence-electron chi connectivity index (χ3n) is 6.05. The van der Waals surface area contributed by atoms with Gasteiger partial charge in [0.05, 0.1) is 19.0 Å². The van der Waals surface area contributed by atoms with Gasteiger partial charge in [0.1, 0.15) is 30.2 Å². The minimum atomic E-state index is -0.106. The van der Waals surface area contributed by atoms with Crippen molar-refractivity contribution in [2.45, 2.75) is 33.2 Å². The van der Waals surface area contributed by atoms with Crippen molar-refractivity contribution in [2.75, 3.05) is 25.4 Å². The Hall–Kier alpha value is -3.12. The predicted molar refractivity (Wildman–Crippen MR) is 116 cm³/mol. The Morgan fingerprint density at radius 3 is 2.57 bits per heavy atom. The number of hydrogen-bond acceptors (Lipinski definition) is 4. The van der Waals surface area contributed by atoms with E-state index in [-0.39, 0.29) is 11.7 Å². The molecule has 1 aliphatic rings. The van der Waals surface area contributed by atoms with Gasteiger partial charge in [-0.3, -0.25) is 0 Å². The van der Waals surface area contributed by atoms with Gasteiger partial charge >= 0.3 is 5.88 Å². The van der Waals surface area contributed by atoms with E-state index in [2.05, 4.69) is 50.0 Å². The summed E-state index contributed by atoms with van der Waals surface area (Å²) >= 11 is 0.